The first-order valence-corrected chi connectivity index (χ1v) is 24.7. The number of hydrogen-bond donors (Lipinski definition) is 3. The van der Waals surface area contributed by atoms with E-state index in [0.29, 0.717) is 19.3 Å². The second-order valence-electron chi connectivity index (χ2n) is 16.3. The molecule has 0 aliphatic heterocycles. The highest BCUT2D eigenvalue weighted by molar-refractivity contribution is 5.77. The summed E-state index contributed by atoms with van der Waals surface area (Å²) in [4.78, 5) is 26.1. The van der Waals surface area contributed by atoms with Crippen LogP contribution >= 0.6 is 0 Å². The first-order valence-electron chi connectivity index (χ1n) is 24.7. The van der Waals surface area contributed by atoms with Crippen molar-refractivity contribution in [3.63, 3.8) is 0 Å². The Balaban J connectivity index is 4.80. The Labute approximate surface area is 375 Å². The lowest BCUT2D eigenvalue weighted by molar-refractivity contribution is -0.151. The molecule has 0 aliphatic carbocycles. The molecule has 0 rings (SSSR count). The molecule has 0 heterocycles. The van der Waals surface area contributed by atoms with Gasteiger partial charge in [-0.05, 0) is 70.6 Å². The highest BCUT2D eigenvalue weighted by Crippen LogP contribution is 2.16. The fourth-order valence-electron chi connectivity index (χ4n) is 6.83. The van der Waals surface area contributed by atoms with Crippen molar-refractivity contribution in [3.05, 3.63) is 109 Å². The Kier molecular flexibility index (Phi) is 44.9. The Morgan fingerprint density at radius 3 is 1.56 bits per heavy atom. The minimum absolute atomic E-state index is 0.0106. The molecule has 3 N–H and O–H groups in total. The van der Waals surface area contributed by atoms with Gasteiger partial charge >= 0.3 is 5.97 Å². The van der Waals surface area contributed by atoms with E-state index in [1.165, 1.54) is 64.2 Å². The molecule has 0 bridgehead atoms. The topological polar surface area (TPSA) is 95.9 Å². The maximum Gasteiger partial charge on any atom is 0.306 e. The van der Waals surface area contributed by atoms with Crippen molar-refractivity contribution in [1.82, 2.24) is 5.32 Å². The molecule has 3 unspecified atom stereocenters. The Bertz CT molecular complexity index is 1270. The van der Waals surface area contributed by atoms with E-state index < -0.39 is 18.2 Å². The first-order chi connectivity index (χ1) is 30.0. The van der Waals surface area contributed by atoms with Crippen LogP contribution in [0.1, 0.15) is 201 Å². The van der Waals surface area contributed by atoms with Crippen LogP contribution in [0.15, 0.2) is 109 Å². The molecule has 6 nitrogen and oxygen atoms in total. The minimum atomic E-state index is -0.818. The fraction of sp³-hybridized carbons (Fsp3) is 0.636. The summed E-state index contributed by atoms with van der Waals surface area (Å²) in [7, 11) is 0. The SMILES string of the molecule is CC\C=C/C=C/C=C/C=C\C=C\C=C\CCCC(CC(=O)NC(CO)C(O)CCCCCCCCCCCCCCC)OC(=O)CCCCCC/C=C/C/C=C/C/C=C/CC. The zero-order valence-electron chi connectivity index (χ0n) is 39.2. The number of hydrogen-bond acceptors (Lipinski definition) is 5. The summed E-state index contributed by atoms with van der Waals surface area (Å²) < 4.78 is 5.87. The normalized spacial score (nSPS) is 14.2. The van der Waals surface area contributed by atoms with Crippen LogP contribution in [0.5, 0.6) is 0 Å². The Hall–Kier alpha value is -3.48. The lowest BCUT2D eigenvalue weighted by Gasteiger charge is -2.24. The third-order valence-corrected chi connectivity index (χ3v) is 10.5. The number of ether oxygens (including phenoxy) is 1. The van der Waals surface area contributed by atoms with E-state index in [0.717, 1.165) is 89.9 Å². The quantitative estimate of drug-likeness (QED) is 0.0246. The van der Waals surface area contributed by atoms with Crippen LogP contribution in [0.3, 0.4) is 0 Å². The van der Waals surface area contributed by atoms with Gasteiger partial charge in [-0.15, -0.1) is 0 Å². The minimum Gasteiger partial charge on any atom is -0.462 e. The third-order valence-electron chi connectivity index (χ3n) is 10.5. The predicted molar refractivity (Wildman–Crippen MR) is 263 cm³/mol. The zero-order valence-corrected chi connectivity index (χ0v) is 39.2. The van der Waals surface area contributed by atoms with Gasteiger partial charge in [-0.1, -0.05) is 226 Å². The molecule has 1 amide bonds. The first kappa shape index (κ1) is 57.5. The largest absolute Gasteiger partial charge is 0.462 e. The predicted octanol–water partition coefficient (Wildman–Crippen LogP) is 14.7. The molecule has 0 saturated carbocycles. The number of aliphatic hydroxyl groups is 2. The lowest BCUT2D eigenvalue weighted by atomic mass is 10.0. The van der Waals surface area contributed by atoms with Gasteiger partial charge in [-0.2, -0.15) is 0 Å². The van der Waals surface area contributed by atoms with E-state index >= 15 is 0 Å². The van der Waals surface area contributed by atoms with Crippen molar-refractivity contribution in [1.29, 1.82) is 0 Å². The average Bonchev–Trinajstić information content (AvgIpc) is 3.25. The molecular weight excluding hydrogens is 755 g/mol. The maximum atomic E-state index is 13.2. The third kappa shape index (κ3) is 43.0. The highest BCUT2D eigenvalue weighted by Gasteiger charge is 2.24. The number of carbonyl (C=O) groups excluding carboxylic acids is 2. The molecule has 0 aromatic carbocycles. The summed E-state index contributed by atoms with van der Waals surface area (Å²) in [6.07, 6.45) is 64.3. The van der Waals surface area contributed by atoms with E-state index in [-0.39, 0.29) is 24.9 Å². The molecule has 0 radical (unpaired) electrons. The van der Waals surface area contributed by atoms with Crippen LogP contribution in [-0.4, -0.2) is 46.9 Å². The summed E-state index contributed by atoms with van der Waals surface area (Å²) in [6, 6.07) is -0.737. The van der Waals surface area contributed by atoms with Gasteiger partial charge in [0, 0.05) is 6.42 Å². The van der Waals surface area contributed by atoms with Crippen molar-refractivity contribution >= 4 is 11.9 Å². The molecular formula is C55H91NO5. The number of carbonyl (C=O) groups is 2. The summed E-state index contributed by atoms with van der Waals surface area (Å²) in [5.74, 6) is -0.586. The number of unbranched alkanes of at least 4 members (excludes halogenated alkanes) is 17. The van der Waals surface area contributed by atoms with E-state index in [2.05, 4.69) is 74.7 Å². The molecule has 0 fully saturated rings. The number of rotatable bonds is 42. The maximum absolute atomic E-state index is 13.2. The van der Waals surface area contributed by atoms with Crippen molar-refractivity contribution in [2.45, 2.75) is 219 Å². The van der Waals surface area contributed by atoms with Crippen LogP contribution in [0.25, 0.3) is 0 Å². The molecule has 0 saturated heterocycles. The number of allylic oxidation sites excluding steroid dienone is 18. The molecule has 3 atom stereocenters. The van der Waals surface area contributed by atoms with Gasteiger partial charge in [0.1, 0.15) is 6.10 Å². The van der Waals surface area contributed by atoms with Gasteiger partial charge in [0.2, 0.25) is 5.91 Å². The molecule has 61 heavy (non-hydrogen) atoms. The van der Waals surface area contributed by atoms with Gasteiger partial charge in [0.15, 0.2) is 0 Å². The van der Waals surface area contributed by atoms with Crippen LogP contribution in [-0.2, 0) is 14.3 Å². The smallest absolute Gasteiger partial charge is 0.306 e. The molecule has 0 aromatic rings. The molecule has 0 spiro atoms. The summed E-state index contributed by atoms with van der Waals surface area (Å²) in [6.45, 7) is 6.18. The van der Waals surface area contributed by atoms with E-state index in [1.54, 1.807) is 0 Å². The van der Waals surface area contributed by atoms with Crippen LogP contribution in [0, 0.1) is 0 Å². The highest BCUT2D eigenvalue weighted by atomic mass is 16.5. The average molecular weight is 846 g/mol. The second kappa shape index (κ2) is 47.6. The van der Waals surface area contributed by atoms with Crippen LogP contribution < -0.4 is 5.32 Å². The number of amides is 1. The van der Waals surface area contributed by atoms with Crippen LogP contribution in [0.4, 0.5) is 0 Å². The standard InChI is InChI=1S/C55H91NO5/c1-4-7-10-13-16-19-22-25-27-29-31-34-37-40-43-46-51(61-55(60)48-45-42-39-36-33-30-26-23-20-17-14-11-8-5-2)49-54(59)56-52(50-57)53(58)47-44-41-38-35-32-28-24-21-18-15-12-9-6-3/h7-8,10-11,13,16-17,19-20,22,25-27,29-31,34,37,51-53,57-58H,4-6,9,12,14-15,18,21,23-24,28,32-33,35-36,38-50H2,1-3H3,(H,56,59)/b10-7-,11-8+,16-13+,20-17+,22-19+,27-25-,30-26+,31-29+,37-34+. The van der Waals surface area contributed by atoms with Gasteiger partial charge in [-0.3, -0.25) is 9.59 Å². The lowest BCUT2D eigenvalue weighted by Crippen LogP contribution is -2.46. The van der Waals surface area contributed by atoms with Crippen molar-refractivity contribution in [2.75, 3.05) is 6.61 Å². The molecule has 6 heteroatoms. The summed E-state index contributed by atoms with van der Waals surface area (Å²) >= 11 is 0. The monoisotopic (exact) mass is 846 g/mol. The van der Waals surface area contributed by atoms with Crippen LogP contribution in [0.2, 0.25) is 0 Å². The summed E-state index contributed by atoms with van der Waals surface area (Å²) in [5.41, 5.74) is 0. The summed E-state index contributed by atoms with van der Waals surface area (Å²) in [5, 5.41) is 23.7. The van der Waals surface area contributed by atoms with E-state index in [4.69, 9.17) is 4.74 Å². The fourth-order valence-corrected chi connectivity index (χ4v) is 6.83. The van der Waals surface area contributed by atoms with Gasteiger partial charge < -0.3 is 20.3 Å². The zero-order chi connectivity index (χ0) is 44.5. The number of esters is 1. The Morgan fingerprint density at radius 2 is 0.984 bits per heavy atom. The Morgan fingerprint density at radius 1 is 0.508 bits per heavy atom. The second-order valence-corrected chi connectivity index (χ2v) is 16.3. The van der Waals surface area contributed by atoms with Gasteiger partial charge in [-0.25, -0.2) is 0 Å². The van der Waals surface area contributed by atoms with Crippen molar-refractivity contribution in [3.8, 4) is 0 Å². The van der Waals surface area contributed by atoms with E-state index in [9.17, 15) is 19.8 Å². The number of nitrogens with one attached hydrogen (secondary N) is 1. The molecule has 346 valence electrons. The van der Waals surface area contributed by atoms with E-state index in [1.807, 2.05) is 60.8 Å². The van der Waals surface area contributed by atoms with Gasteiger partial charge in [0.25, 0.3) is 0 Å². The van der Waals surface area contributed by atoms with Crippen molar-refractivity contribution in [2.24, 2.45) is 0 Å². The number of aliphatic hydroxyl groups excluding tert-OH is 2. The molecule has 0 aromatic heterocycles. The molecule has 0 aliphatic rings. The van der Waals surface area contributed by atoms with Crippen molar-refractivity contribution < 1.29 is 24.5 Å². The van der Waals surface area contributed by atoms with Gasteiger partial charge in [0.05, 0.1) is 25.2 Å².